The number of aromatic nitrogens is 1. The summed E-state index contributed by atoms with van der Waals surface area (Å²) in [4.78, 5) is 4.42. The molecule has 0 amide bonds. The van der Waals surface area contributed by atoms with E-state index in [1.807, 2.05) is 37.3 Å². The highest BCUT2D eigenvalue weighted by atomic mass is 32.2. The van der Waals surface area contributed by atoms with Gasteiger partial charge in [0.25, 0.3) is 10.0 Å². The second kappa shape index (κ2) is 8.31. The van der Waals surface area contributed by atoms with Crippen molar-refractivity contribution in [2.24, 2.45) is 0 Å². The summed E-state index contributed by atoms with van der Waals surface area (Å²) in [6, 6.07) is 16.7. The zero-order chi connectivity index (χ0) is 20.1. The van der Waals surface area contributed by atoms with Gasteiger partial charge in [-0.05, 0) is 54.8 Å². The number of anilines is 2. The topological polar surface area (TPSA) is 80.3 Å². The average Bonchev–Trinajstić information content (AvgIpc) is 2.69. The van der Waals surface area contributed by atoms with Gasteiger partial charge >= 0.3 is 0 Å². The molecule has 0 aliphatic rings. The van der Waals surface area contributed by atoms with Crippen LogP contribution in [0.15, 0.2) is 65.7 Å². The molecule has 0 radical (unpaired) electrons. The number of hydrogen-bond donors (Lipinski definition) is 2. The smallest absolute Gasteiger partial charge is 0.263 e. The van der Waals surface area contributed by atoms with E-state index in [0.29, 0.717) is 17.9 Å². The second-order valence-corrected chi connectivity index (χ2v) is 8.11. The lowest BCUT2D eigenvalue weighted by atomic mass is 10.1. The molecule has 2 N–H and O–H groups in total. The fourth-order valence-electron chi connectivity index (χ4n) is 2.82. The summed E-state index contributed by atoms with van der Waals surface area (Å²) in [7, 11) is -2.19. The highest BCUT2D eigenvalue weighted by Gasteiger charge is 2.19. The Bertz CT molecular complexity index is 1050. The van der Waals surface area contributed by atoms with Gasteiger partial charge in [0, 0.05) is 6.54 Å². The third kappa shape index (κ3) is 4.61. The highest BCUT2D eigenvalue weighted by molar-refractivity contribution is 7.92. The first-order valence-electron chi connectivity index (χ1n) is 8.81. The standard InChI is InChI=1S/C21H23N3O3S/c1-15-12-20(16(2)11-19(15)27-3)28(25,26)24-21-10-9-18(14-23-21)22-13-17-7-5-4-6-8-17/h4-12,14,22H,13H2,1-3H3,(H,23,24). The van der Waals surface area contributed by atoms with Crippen LogP contribution in [-0.4, -0.2) is 20.5 Å². The van der Waals surface area contributed by atoms with Gasteiger partial charge in [0.1, 0.15) is 11.6 Å². The normalized spacial score (nSPS) is 11.1. The second-order valence-electron chi connectivity index (χ2n) is 6.46. The van der Waals surface area contributed by atoms with Gasteiger partial charge in [-0.3, -0.25) is 4.72 Å². The number of benzene rings is 2. The molecule has 3 rings (SSSR count). The van der Waals surface area contributed by atoms with Gasteiger partial charge in [-0.25, -0.2) is 13.4 Å². The molecular formula is C21H23N3O3S. The van der Waals surface area contributed by atoms with Crippen molar-refractivity contribution < 1.29 is 13.2 Å². The summed E-state index contributed by atoms with van der Waals surface area (Å²) < 4.78 is 33.3. The molecule has 0 bridgehead atoms. The van der Waals surface area contributed by atoms with Gasteiger partial charge in [-0.15, -0.1) is 0 Å². The number of hydrogen-bond acceptors (Lipinski definition) is 5. The molecule has 0 atom stereocenters. The van der Waals surface area contributed by atoms with Gasteiger partial charge in [-0.2, -0.15) is 0 Å². The fraction of sp³-hybridized carbons (Fsp3) is 0.190. The Hall–Kier alpha value is -3.06. The highest BCUT2D eigenvalue weighted by Crippen LogP contribution is 2.27. The van der Waals surface area contributed by atoms with Crippen LogP contribution < -0.4 is 14.8 Å². The molecular weight excluding hydrogens is 374 g/mol. The Morgan fingerprint density at radius 2 is 1.75 bits per heavy atom. The predicted octanol–water partition coefficient (Wildman–Crippen LogP) is 4.12. The zero-order valence-electron chi connectivity index (χ0n) is 16.1. The third-order valence-electron chi connectivity index (χ3n) is 4.32. The van der Waals surface area contributed by atoms with Crippen molar-refractivity contribution in [2.75, 3.05) is 17.1 Å². The first-order chi connectivity index (χ1) is 13.4. The van der Waals surface area contributed by atoms with E-state index < -0.39 is 10.0 Å². The van der Waals surface area contributed by atoms with Crippen LogP contribution in [0.4, 0.5) is 11.5 Å². The monoisotopic (exact) mass is 397 g/mol. The predicted molar refractivity (Wildman–Crippen MR) is 111 cm³/mol. The van der Waals surface area contributed by atoms with E-state index >= 15 is 0 Å². The van der Waals surface area contributed by atoms with Gasteiger partial charge in [0.15, 0.2) is 0 Å². The van der Waals surface area contributed by atoms with E-state index in [1.54, 1.807) is 44.5 Å². The van der Waals surface area contributed by atoms with Crippen molar-refractivity contribution in [3.8, 4) is 5.75 Å². The molecule has 0 aliphatic carbocycles. The lowest BCUT2D eigenvalue weighted by Gasteiger charge is -2.13. The molecule has 0 fully saturated rings. The molecule has 3 aromatic rings. The van der Waals surface area contributed by atoms with Crippen LogP contribution in [0.3, 0.4) is 0 Å². The van der Waals surface area contributed by atoms with Crippen LogP contribution in [0, 0.1) is 13.8 Å². The molecule has 0 spiro atoms. The SMILES string of the molecule is COc1cc(C)c(S(=O)(=O)Nc2ccc(NCc3ccccc3)cn2)cc1C. The molecule has 1 aromatic heterocycles. The summed E-state index contributed by atoms with van der Waals surface area (Å²) in [6.45, 7) is 4.21. The molecule has 0 aliphatic heterocycles. The van der Waals surface area contributed by atoms with Gasteiger partial charge in [-0.1, -0.05) is 30.3 Å². The maximum Gasteiger partial charge on any atom is 0.263 e. The van der Waals surface area contributed by atoms with E-state index in [0.717, 1.165) is 16.8 Å². The minimum absolute atomic E-state index is 0.207. The Labute approximate surface area is 165 Å². The summed E-state index contributed by atoms with van der Waals surface area (Å²) in [6.07, 6.45) is 1.60. The number of nitrogens with one attached hydrogen (secondary N) is 2. The van der Waals surface area contributed by atoms with Crippen LogP contribution >= 0.6 is 0 Å². The Balaban J connectivity index is 1.72. The van der Waals surface area contributed by atoms with Crippen LogP contribution in [0.1, 0.15) is 16.7 Å². The fourth-order valence-corrected chi connectivity index (χ4v) is 4.14. The van der Waals surface area contributed by atoms with E-state index in [9.17, 15) is 8.42 Å². The molecule has 146 valence electrons. The summed E-state index contributed by atoms with van der Waals surface area (Å²) in [5.74, 6) is 0.918. The maximum absolute atomic E-state index is 12.8. The van der Waals surface area contributed by atoms with Gasteiger partial charge < -0.3 is 10.1 Å². The van der Waals surface area contributed by atoms with Crippen LogP contribution in [0.5, 0.6) is 5.75 Å². The lowest BCUT2D eigenvalue weighted by Crippen LogP contribution is -2.15. The van der Waals surface area contributed by atoms with E-state index in [1.165, 1.54) is 0 Å². The number of nitrogens with zero attached hydrogens (tertiary/aromatic N) is 1. The molecule has 0 saturated carbocycles. The Morgan fingerprint density at radius 3 is 2.39 bits per heavy atom. The quantitative estimate of drug-likeness (QED) is 0.627. The molecule has 6 nitrogen and oxygen atoms in total. The van der Waals surface area contributed by atoms with Crippen molar-refractivity contribution in [1.29, 1.82) is 0 Å². The van der Waals surface area contributed by atoms with Crippen LogP contribution in [0.2, 0.25) is 0 Å². The average molecular weight is 398 g/mol. The maximum atomic E-state index is 12.8. The number of ether oxygens (including phenoxy) is 1. The molecule has 1 heterocycles. The Kier molecular flexibility index (Phi) is 5.84. The number of sulfonamides is 1. The molecule has 0 saturated heterocycles. The zero-order valence-corrected chi connectivity index (χ0v) is 16.9. The third-order valence-corrected chi connectivity index (χ3v) is 5.82. The van der Waals surface area contributed by atoms with Crippen molar-refractivity contribution in [3.05, 3.63) is 77.5 Å². The van der Waals surface area contributed by atoms with Crippen molar-refractivity contribution >= 4 is 21.5 Å². The minimum atomic E-state index is -3.75. The van der Waals surface area contributed by atoms with Crippen molar-refractivity contribution in [1.82, 2.24) is 4.98 Å². The van der Waals surface area contributed by atoms with Crippen molar-refractivity contribution in [2.45, 2.75) is 25.3 Å². The largest absolute Gasteiger partial charge is 0.496 e. The van der Waals surface area contributed by atoms with E-state index in [2.05, 4.69) is 15.0 Å². The Morgan fingerprint density at radius 1 is 1.00 bits per heavy atom. The number of pyridine rings is 1. The first kappa shape index (κ1) is 19.7. The lowest BCUT2D eigenvalue weighted by molar-refractivity contribution is 0.411. The molecule has 7 heteroatoms. The van der Waals surface area contributed by atoms with Crippen LogP contribution in [0.25, 0.3) is 0 Å². The van der Waals surface area contributed by atoms with E-state index in [-0.39, 0.29) is 10.7 Å². The molecule has 2 aromatic carbocycles. The van der Waals surface area contributed by atoms with Gasteiger partial charge in [0.05, 0.1) is 23.9 Å². The van der Waals surface area contributed by atoms with Crippen molar-refractivity contribution in [3.63, 3.8) is 0 Å². The first-order valence-corrected chi connectivity index (χ1v) is 10.3. The van der Waals surface area contributed by atoms with Crippen LogP contribution in [-0.2, 0) is 16.6 Å². The molecule has 0 unspecified atom stereocenters. The summed E-state index contributed by atoms with van der Waals surface area (Å²) in [5.41, 5.74) is 3.32. The number of methoxy groups -OCH3 is 1. The summed E-state index contributed by atoms with van der Waals surface area (Å²) in [5, 5.41) is 3.26. The molecule has 28 heavy (non-hydrogen) atoms. The minimum Gasteiger partial charge on any atom is -0.496 e. The number of rotatable bonds is 7. The number of aryl methyl sites for hydroxylation is 2. The summed E-state index contributed by atoms with van der Waals surface area (Å²) >= 11 is 0. The van der Waals surface area contributed by atoms with E-state index in [4.69, 9.17) is 4.74 Å². The van der Waals surface area contributed by atoms with Gasteiger partial charge in [0.2, 0.25) is 0 Å².